The Kier molecular flexibility index (Phi) is 11.4. The normalized spacial score (nSPS) is 17.9. The molecule has 1 fully saturated rings. The minimum Gasteiger partial charge on any atom is -0.493 e. The number of aryl methyl sites for hydroxylation is 1. The molecule has 2 aliphatic heterocycles. The summed E-state index contributed by atoms with van der Waals surface area (Å²) in [6.07, 6.45) is 7.77. The molecule has 2 aliphatic rings. The number of halogens is 1. The molecule has 2 aromatic rings. The van der Waals surface area contributed by atoms with Gasteiger partial charge in [-0.05, 0) is 85.8 Å². The number of methoxy groups -OCH3 is 2. The summed E-state index contributed by atoms with van der Waals surface area (Å²) in [6, 6.07) is 4.47. The SMILES string of the molecule is COCCc1cc(CCCCCO[C@@H]2CCN([C@@H](C(=O)O)c3cc(C(C)C)cc(F)c3OC)C2)nc2c1CCCN2. The highest BCUT2D eigenvalue weighted by Gasteiger charge is 2.36. The number of carboxylic acid groups (broad SMARTS) is 1. The van der Waals surface area contributed by atoms with E-state index in [1.807, 2.05) is 18.7 Å². The molecule has 0 bridgehead atoms. The van der Waals surface area contributed by atoms with Crippen molar-refractivity contribution in [3.05, 3.63) is 52.0 Å². The number of ether oxygens (including phenoxy) is 3. The van der Waals surface area contributed by atoms with Crippen LogP contribution in [-0.2, 0) is 33.5 Å². The van der Waals surface area contributed by atoms with Crippen LogP contribution in [0.2, 0.25) is 0 Å². The van der Waals surface area contributed by atoms with Gasteiger partial charge in [-0.3, -0.25) is 9.69 Å². The van der Waals surface area contributed by atoms with Crippen molar-refractivity contribution in [3.63, 3.8) is 0 Å². The van der Waals surface area contributed by atoms with Crippen LogP contribution >= 0.6 is 0 Å². The number of carbonyl (C=O) groups is 1. The summed E-state index contributed by atoms with van der Waals surface area (Å²) in [5.74, 6) is -0.428. The second kappa shape index (κ2) is 14.9. The number of fused-ring (bicyclic) bond motifs is 1. The lowest BCUT2D eigenvalue weighted by molar-refractivity contribution is -0.143. The van der Waals surface area contributed by atoms with Crippen molar-refractivity contribution >= 4 is 11.8 Å². The van der Waals surface area contributed by atoms with Crippen molar-refractivity contribution in [1.82, 2.24) is 9.88 Å². The molecular formula is C32H46FN3O5. The number of carboxylic acids is 1. The molecule has 3 heterocycles. The molecule has 1 saturated heterocycles. The fraction of sp³-hybridized carbons (Fsp3) is 0.625. The van der Waals surface area contributed by atoms with Gasteiger partial charge in [-0.25, -0.2) is 9.37 Å². The lowest BCUT2D eigenvalue weighted by atomic mass is 9.95. The first-order valence-corrected chi connectivity index (χ1v) is 15.0. The molecule has 0 amide bonds. The minimum absolute atomic E-state index is 0.00110. The predicted octanol–water partition coefficient (Wildman–Crippen LogP) is 5.53. The van der Waals surface area contributed by atoms with E-state index in [0.717, 1.165) is 75.0 Å². The molecule has 0 saturated carbocycles. The summed E-state index contributed by atoms with van der Waals surface area (Å²) in [4.78, 5) is 19.1. The van der Waals surface area contributed by atoms with Crippen molar-refractivity contribution in [2.45, 2.75) is 83.3 Å². The van der Waals surface area contributed by atoms with E-state index in [0.29, 0.717) is 31.9 Å². The number of nitrogens with one attached hydrogen (secondary N) is 1. The summed E-state index contributed by atoms with van der Waals surface area (Å²) in [5, 5.41) is 13.6. The molecule has 0 unspecified atom stereocenters. The van der Waals surface area contributed by atoms with Gasteiger partial charge in [0.25, 0.3) is 0 Å². The van der Waals surface area contributed by atoms with E-state index in [1.54, 1.807) is 13.2 Å². The van der Waals surface area contributed by atoms with E-state index >= 15 is 0 Å². The van der Waals surface area contributed by atoms with E-state index in [4.69, 9.17) is 19.2 Å². The highest BCUT2D eigenvalue weighted by Crippen LogP contribution is 2.37. The van der Waals surface area contributed by atoms with Gasteiger partial charge in [-0.15, -0.1) is 0 Å². The highest BCUT2D eigenvalue weighted by atomic mass is 19.1. The van der Waals surface area contributed by atoms with E-state index in [1.165, 1.54) is 24.3 Å². The van der Waals surface area contributed by atoms with Crippen LogP contribution < -0.4 is 10.1 Å². The molecule has 0 spiro atoms. The van der Waals surface area contributed by atoms with E-state index in [-0.39, 0.29) is 17.8 Å². The van der Waals surface area contributed by atoms with Gasteiger partial charge in [0.05, 0.1) is 19.8 Å². The second-order valence-electron chi connectivity index (χ2n) is 11.5. The Morgan fingerprint density at radius 2 is 2.00 bits per heavy atom. The van der Waals surface area contributed by atoms with Gasteiger partial charge < -0.3 is 24.6 Å². The monoisotopic (exact) mass is 571 g/mol. The number of rotatable bonds is 15. The summed E-state index contributed by atoms with van der Waals surface area (Å²) in [7, 11) is 3.12. The Hall–Kier alpha value is -2.75. The van der Waals surface area contributed by atoms with Crippen LogP contribution in [0.1, 0.15) is 85.9 Å². The summed E-state index contributed by atoms with van der Waals surface area (Å²) < 4.78 is 31.6. The Balaban J connectivity index is 1.26. The molecule has 2 N–H and O–H groups in total. The van der Waals surface area contributed by atoms with Gasteiger partial charge >= 0.3 is 5.97 Å². The molecule has 9 heteroatoms. The fourth-order valence-electron chi connectivity index (χ4n) is 5.98. The van der Waals surface area contributed by atoms with Crippen LogP contribution in [0, 0.1) is 5.82 Å². The number of likely N-dealkylation sites (tertiary alicyclic amines) is 1. The van der Waals surface area contributed by atoms with E-state index in [2.05, 4.69) is 11.4 Å². The average molecular weight is 572 g/mol. The fourth-order valence-corrected chi connectivity index (χ4v) is 5.98. The molecule has 41 heavy (non-hydrogen) atoms. The largest absolute Gasteiger partial charge is 0.493 e. The number of hydrogen-bond donors (Lipinski definition) is 2. The molecule has 4 rings (SSSR count). The van der Waals surface area contributed by atoms with Gasteiger partial charge in [0, 0.05) is 44.6 Å². The van der Waals surface area contributed by atoms with Crippen molar-refractivity contribution in [2.75, 3.05) is 52.4 Å². The molecule has 1 aromatic heterocycles. The number of nitrogens with zero attached hydrogens (tertiary/aromatic N) is 2. The van der Waals surface area contributed by atoms with Crippen LogP contribution in [0.25, 0.3) is 0 Å². The maximum atomic E-state index is 14.8. The Morgan fingerprint density at radius 3 is 2.73 bits per heavy atom. The molecule has 8 nitrogen and oxygen atoms in total. The first-order chi connectivity index (χ1) is 19.8. The number of aromatic nitrogens is 1. The Bertz CT molecular complexity index is 1170. The van der Waals surface area contributed by atoms with Crippen molar-refractivity contribution in [3.8, 4) is 5.75 Å². The molecule has 226 valence electrons. The van der Waals surface area contributed by atoms with E-state index in [9.17, 15) is 14.3 Å². The molecule has 0 aliphatic carbocycles. The number of hydrogen-bond acceptors (Lipinski definition) is 7. The molecular weight excluding hydrogens is 525 g/mol. The number of benzene rings is 1. The number of aliphatic carboxylic acids is 1. The highest BCUT2D eigenvalue weighted by molar-refractivity contribution is 5.77. The van der Waals surface area contributed by atoms with Crippen LogP contribution in [-0.4, -0.2) is 74.1 Å². The van der Waals surface area contributed by atoms with E-state index < -0.39 is 17.8 Å². The maximum Gasteiger partial charge on any atom is 0.325 e. The Labute approximate surface area is 243 Å². The lowest BCUT2D eigenvalue weighted by Gasteiger charge is -2.27. The zero-order valence-electron chi connectivity index (χ0n) is 25.0. The number of anilines is 1. The topological polar surface area (TPSA) is 93.2 Å². The van der Waals surface area contributed by atoms with Gasteiger partial charge in [0.15, 0.2) is 11.6 Å². The van der Waals surface area contributed by atoms with Crippen LogP contribution in [0.3, 0.4) is 0 Å². The van der Waals surface area contributed by atoms with Crippen LogP contribution in [0.15, 0.2) is 18.2 Å². The number of pyridine rings is 1. The molecule has 0 radical (unpaired) electrons. The van der Waals surface area contributed by atoms with Crippen molar-refractivity contribution in [1.29, 1.82) is 0 Å². The smallest absolute Gasteiger partial charge is 0.325 e. The average Bonchev–Trinajstić information content (AvgIpc) is 3.41. The molecule has 1 aromatic carbocycles. The first kappa shape index (κ1) is 31.2. The Morgan fingerprint density at radius 1 is 1.17 bits per heavy atom. The molecule has 2 atom stereocenters. The van der Waals surface area contributed by atoms with Crippen molar-refractivity contribution in [2.24, 2.45) is 0 Å². The quantitative estimate of drug-likeness (QED) is 0.270. The zero-order valence-corrected chi connectivity index (χ0v) is 25.0. The summed E-state index contributed by atoms with van der Waals surface area (Å²) in [5.41, 5.74) is 4.94. The third-order valence-corrected chi connectivity index (χ3v) is 8.21. The standard InChI is InChI=1S/C32H46FN3O5/c1-21(2)23-18-27(30(40-4)28(33)19-23)29(32(37)38)36-14-11-25(20-36)41-15-7-5-6-9-24-17-22(12-16-39-3)26-10-8-13-34-31(26)35-24/h17-19,21,25,29H,5-16,20H2,1-4H3,(H,34,35)(H,37,38)/t25-,29-/m1/s1. The predicted molar refractivity (Wildman–Crippen MR) is 158 cm³/mol. The van der Waals surface area contributed by atoms with Crippen LogP contribution in [0.5, 0.6) is 5.75 Å². The summed E-state index contributed by atoms with van der Waals surface area (Å²) in [6.45, 7) is 7.31. The zero-order chi connectivity index (χ0) is 29.4. The third-order valence-electron chi connectivity index (χ3n) is 8.21. The third kappa shape index (κ3) is 7.96. The second-order valence-corrected chi connectivity index (χ2v) is 11.5. The lowest BCUT2D eigenvalue weighted by Crippen LogP contribution is -2.34. The number of unbranched alkanes of at least 4 members (excludes halogenated alkanes) is 2. The van der Waals surface area contributed by atoms with Crippen LogP contribution in [0.4, 0.5) is 10.2 Å². The van der Waals surface area contributed by atoms with Gasteiger partial charge in [0.1, 0.15) is 11.9 Å². The van der Waals surface area contributed by atoms with Crippen molar-refractivity contribution < 1.29 is 28.5 Å². The van der Waals surface area contributed by atoms with Gasteiger partial charge in [0.2, 0.25) is 0 Å². The summed E-state index contributed by atoms with van der Waals surface area (Å²) >= 11 is 0. The maximum absolute atomic E-state index is 14.8. The van der Waals surface area contributed by atoms with Gasteiger partial charge in [-0.1, -0.05) is 20.3 Å². The minimum atomic E-state index is -1.01. The first-order valence-electron chi connectivity index (χ1n) is 15.0. The van der Waals surface area contributed by atoms with Gasteiger partial charge in [-0.2, -0.15) is 0 Å².